The summed E-state index contributed by atoms with van der Waals surface area (Å²) in [5.74, 6) is 0.119. The summed E-state index contributed by atoms with van der Waals surface area (Å²) in [7, 11) is 0. The Morgan fingerprint density at radius 3 is 2.61 bits per heavy atom. The van der Waals surface area contributed by atoms with Crippen LogP contribution in [-0.2, 0) is 22.7 Å². The van der Waals surface area contributed by atoms with Gasteiger partial charge in [0.25, 0.3) is 0 Å². The maximum atomic E-state index is 11.9. The Hall–Kier alpha value is -2.28. The van der Waals surface area contributed by atoms with Gasteiger partial charge in [-0.25, -0.2) is 9.48 Å². The lowest BCUT2D eigenvalue weighted by molar-refractivity contribution is -0.139. The molecule has 0 radical (unpaired) electrons. The van der Waals surface area contributed by atoms with E-state index in [2.05, 4.69) is 10.3 Å². The van der Waals surface area contributed by atoms with Gasteiger partial charge in [0.15, 0.2) is 0 Å². The van der Waals surface area contributed by atoms with Crippen molar-refractivity contribution in [2.75, 3.05) is 0 Å². The topological polar surface area (TPSA) is 70.2 Å². The second kappa shape index (κ2) is 8.82. The Morgan fingerprint density at radius 1 is 1.25 bits per heavy atom. The van der Waals surface area contributed by atoms with Gasteiger partial charge in [0, 0.05) is 33.3 Å². The molecule has 0 aliphatic carbocycles. The Balaban J connectivity index is 1.71. The first-order valence-corrected chi connectivity index (χ1v) is 9.41. The van der Waals surface area contributed by atoms with Gasteiger partial charge in [-0.05, 0) is 32.1 Å². The molecule has 3 aromatic rings. The molecule has 28 heavy (non-hydrogen) atoms. The Kier molecular flexibility index (Phi) is 6.44. The highest BCUT2D eigenvalue weighted by molar-refractivity contribution is 6.36. The summed E-state index contributed by atoms with van der Waals surface area (Å²) in [4.78, 5) is 11.9. The third-order valence-corrected chi connectivity index (χ3v) is 5.01. The zero-order chi connectivity index (χ0) is 20.3. The van der Waals surface area contributed by atoms with Crippen molar-refractivity contribution in [2.45, 2.75) is 27.0 Å². The van der Waals surface area contributed by atoms with Crippen LogP contribution in [0.15, 0.2) is 34.9 Å². The molecule has 9 heteroatoms. The number of carbonyl (C=O) groups is 1. The monoisotopic (exact) mass is 439 g/mol. The van der Waals surface area contributed by atoms with Crippen LogP contribution in [0.2, 0.25) is 15.2 Å². The van der Waals surface area contributed by atoms with Crippen LogP contribution in [0.5, 0.6) is 0 Å². The Morgan fingerprint density at radius 2 is 1.96 bits per heavy atom. The fraction of sp³-hybridized carbons (Fsp3) is 0.211. The van der Waals surface area contributed by atoms with E-state index in [4.69, 9.17) is 44.1 Å². The van der Waals surface area contributed by atoms with Gasteiger partial charge in [0.05, 0.1) is 12.2 Å². The molecule has 0 aliphatic heterocycles. The highest BCUT2D eigenvalue weighted by atomic mass is 35.5. The first kappa shape index (κ1) is 20.5. The van der Waals surface area contributed by atoms with Gasteiger partial charge >= 0.3 is 5.97 Å². The molecule has 0 unspecified atom stereocenters. The molecule has 6 nitrogen and oxygen atoms in total. The molecule has 2 heterocycles. The summed E-state index contributed by atoms with van der Waals surface area (Å²) in [5, 5.41) is 9.58. The van der Waals surface area contributed by atoms with Gasteiger partial charge in [-0.15, -0.1) is 0 Å². The van der Waals surface area contributed by atoms with Gasteiger partial charge in [0.1, 0.15) is 23.2 Å². The number of carbonyl (C=O) groups excluding carboxylic acids is 1. The van der Waals surface area contributed by atoms with E-state index < -0.39 is 5.97 Å². The number of halogens is 3. The number of aromatic nitrogens is 3. The SMILES string of the molecule is Cc1cc(COC(=O)/C=C/c2c(C)nn(Cc3c(Cl)cccc3Cl)c2Cl)no1. The normalized spacial score (nSPS) is 11.3. The van der Waals surface area contributed by atoms with E-state index >= 15 is 0 Å². The molecule has 0 saturated carbocycles. The molecule has 2 aromatic heterocycles. The average Bonchev–Trinajstić information content (AvgIpc) is 3.18. The molecule has 3 rings (SSSR count). The molecule has 0 fully saturated rings. The average molecular weight is 441 g/mol. The number of esters is 1. The van der Waals surface area contributed by atoms with Crippen molar-refractivity contribution in [3.8, 4) is 0 Å². The minimum atomic E-state index is -0.530. The molecule has 146 valence electrons. The van der Waals surface area contributed by atoms with Crippen LogP contribution in [0.3, 0.4) is 0 Å². The molecular formula is C19H16Cl3N3O3. The Labute approximate surface area is 176 Å². The van der Waals surface area contributed by atoms with E-state index in [1.54, 1.807) is 48.9 Å². The number of nitrogens with zero attached hydrogens (tertiary/aromatic N) is 3. The second-order valence-electron chi connectivity index (χ2n) is 6.02. The van der Waals surface area contributed by atoms with E-state index in [-0.39, 0.29) is 6.61 Å². The molecule has 0 spiro atoms. The van der Waals surface area contributed by atoms with Gasteiger partial charge in [-0.3, -0.25) is 0 Å². The van der Waals surface area contributed by atoms with Gasteiger partial charge < -0.3 is 9.26 Å². The zero-order valence-corrected chi connectivity index (χ0v) is 17.3. The number of aryl methyl sites for hydroxylation is 2. The molecule has 0 aliphatic rings. The van der Waals surface area contributed by atoms with E-state index in [1.807, 2.05) is 0 Å². The van der Waals surface area contributed by atoms with E-state index in [1.165, 1.54) is 6.08 Å². The van der Waals surface area contributed by atoms with Gasteiger partial charge in [0.2, 0.25) is 0 Å². The highest BCUT2D eigenvalue weighted by Crippen LogP contribution is 2.28. The predicted octanol–water partition coefficient (Wildman–Crippen LogP) is 5.25. The van der Waals surface area contributed by atoms with Crippen molar-refractivity contribution >= 4 is 46.8 Å². The summed E-state index contributed by atoms with van der Waals surface area (Å²) in [6, 6.07) is 6.96. The van der Waals surface area contributed by atoms with Crippen LogP contribution in [0, 0.1) is 13.8 Å². The predicted molar refractivity (Wildman–Crippen MR) is 108 cm³/mol. The van der Waals surface area contributed by atoms with Crippen LogP contribution < -0.4 is 0 Å². The van der Waals surface area contributed by atoms with Crippen molar-refractivity contribution in [3.05, 3.63) is 73.8 Å². The van der Waals surface area contributed by atoms with Crippen molar-refractivity contribution in [3.63, 3.8) is 0 Å². The van der Waals surface area contributed by atoms with Crippen LogP contribution in [0.4, 0.5) is 0 Å². The molecule has 0 atom stereocenters. The summed E-state index contributed by atoms with van der Waals surface area (Å²) in [6.45, 7) is 3.88. The van der Waals surface area contributed by atoms with Crippen LogP contribution in [-0.4, -0.2) is 20.9 Å². The number of ether oxygens (including phenoxy) is 1. The summed E-state index contributed by atoms with van der Waals surface area (Å²) in [6.07, 6.45) is 2.85. The van der Waals surface area contributed by atoms with Crippen molar-refractivity contribution in [1.82, 2.24) is 14.9 Å². The fourth-order valence-corrected chi connectivity index (χ4v) is 3.34. The number of hydrogen-bond acceptors (Lipinski definition) is 5. The quantitative estimate of drug-likeness (QED) is 0.386. The molecule has 0 N–H and O–H groups in total. The molecule has 0 amide bonds. The van der Waals surface area contributed by atoms with Crippen molar-refractivity contribution in [1.29, 1.82) is 0 Å². The smallest absolute Gasteiger partial charge is 0.331 e. The minimum Gasteiger partial charge on any atom is -0.456 e. The third kappa shape index (κ3) is 4.76. The number of rotatable bonds is 6. The van der Waals surface area contributed by atoms with E-state index in [9.17, 15) is 4.79 Å². The number of benzene rings is 1. The van der Waals surface area contributed by atoms with Crippen LogP contribution in [0.25, 0.3) is 6.08 Å². The lowest BCUT2D eigenvalue weighted by Gasteiger charge is -2.08. The van der Waals surface area contributed by atoms with E-state index in [0.29, 0.717) is 50.0 Å². The van der Waals surface area contributed by atoms with Crippen LogP contribution in [0.1, 0.15) is 28.3 Å². The molecule has 1 aromatic carbocycles. The fourth-order valence-electron chi connectivity index (χ4n) is 2.52. The lowest BCUT2D eigenvalue weighted by Crippen LogP contribution is -2.03. The van der Waals surface area contributed by atoms with Gasteiger partial charge in [-0.1, -0.05) is 46.0 Å². The molecule has 0 bridgehead atoms. The standard InChI is InChI=1S/C19H16Cl3N3O3/c1-11-8-13(24-28-11)10-27-18(26)7-6-14-12(2)23-25(19(14)22)9-15-16(20)4-3-5-17(15)21/h3-8H,9-10H2,1-2H3/b7-6+. The highest BCUT2D eigenvalue weighted by Gasteiger charge is 2.15. The van der Waals surface area contributed by atoms with Crippen LogP contribution >= 0.6 is 34.8 Å². The second-order valence-corrected chi connectivity index (χ2v) is 7.19. The number of hydrogen-bond donors (Lipinski definition) is 0. The molecule has 0 saturated heterocycles. The third-order valence-electron chi connectivity index (χ3n) is 3.90. The summed E-state index contributed by atoms with van der Waals surface area (Å²) < 4.78 is 11.6. The van der Waals surface area contributed by atoms with E-state index in [0.717, 1.165) is 0 Å². The minimum absolute atomic E-state index is 0.0253. The zero-order valence-electron chi connectivity index (χ0n) is 15.1. The first-order chi connectivity index (χ1) is 13.3. The maximum absolute atomic E-state index is 11.9. The maximum Gasteiger partial charge on any atom is 0.331 e. The van der Waals surface area contributed by atoms with Crippen molar-refractivity contribution < 1.29 is 14.1 Å². The molecular weight excluding hydrogens is 425 g/mol. The largest absolute Gasteiger partial charge is 0.456 e. The first-order valence-electron chi connectivity index (χ1n) is 8.28. The Bertz CT molecular complexity index is 1020. The van der Waals surface area contributed by atoms with Gasteiger partial charge in [-0.2, -0.15) is 5.10 Å². The van der Waals surface area contributed by atoms with Crippen molar-refractivity contribution in [2.24, 2.45) is 0 Å². The lowest BCUT2D eigenvalue weighted by atomic mass is 10.2. The summed E-state index contributed by atoms with van der Waals surface area (Å²) >= 11 is 18.9. The summed E-state index contributed by atoms with van der Waals surface area (Å²) in [5.41, 5.74) is 2.52.